The largest absolute Gasteiger partial charge is 0.358 e. The molecule has 0 unspecified atom stereocenters. The summed E-state index contributed by atoms with van der Waals surface area (Å²) >= 11 is 0. The van der Waals surface area contributed by atoms with E-state index >= 15 is 0 Å². The molecule has 2 aliphatic heterocycles. The molecule has 5 nitrogen and oxygen atoms in total. The lowest BCUT2D eigenvalue weighted by Crippen LogP contribution is -2.48. The second-order valence-corrected chi connectivity index (χ2v) is 7.06. The highest BCUT2D eigenvalue weighted by Gasteiger charge is 2.50. The van der Waals surface area contributed by atoms with Crippen LogP contribution in [0.15, 0.2) is 18.3 Å². The molecule has 3 heterocycles. The van der Waals surface area contributed by atoms with Gasteiger partial charge < -0.3 is 9.64 Å². The van der Waals surface area contributed by atoms with Crippen molar-refractivity contribution in [2.24, 2.45) is 0 Å². The van der Waals surface area contributed by atoms with Crippen LogP contribution in [0.1, 0.15) is 12.8 Å². The Morgan fingerprint density at radius 2 is 2.17 bits per heavy atom. The molecule has 0 bridgehead atoms. The average Bonchev–Trinajstić information content (AvgIpc) is 2.67. The number of sulfone groups is 1. The van der Waals surface area contributed by atoms with E-state index in [1.54, 1.807) is 6.20 Å². The zero-order valence-corrected chi connectivity index (χ0v) is 10.8. The molecule has 2 fully saturated rings. The Morgan fingerprint density at radius 1 is 1.39 bits per heavy atom. The van der Waals surface area contributed by atoms with Gasteiger partial charge in [0.1, 0.15) is 5.82 Å². The Morgan fingerprint density at radius 3 is 2.72 bits per heavy atom. The monoisotopic (exact) mass is 267 g/mol. The lowest BCUT2D eigenvalue weighted by atomic mass is 10.1. The van der Waals surface area contributed by atoms with E-state index < -0.39 is 14.8 Å². The van der Waals surface area contributed by atoms with Crippen LogP contribution >= 0.6 is 0 Å². The summed E-state index contributed by atoms with van der Waals surface area (Å²) in [5, 5.41) is 0. The summed E-state index contributed by atoms with van der Waals surface area (Å²) in [5.41, 5.74) is 0. The molecular formula is C12H15N2O3S. The maximum absolute atomic E-state index is 12.0. The van der Waals surface area contributed by atoms with Crippen molar-refractivity contribution >= 4 is 15.7 Å². The number of ether oxygens (including phenoxy) is 1. The van der Waals surface area contributed by atoms with Crippen LogP contribution in [0.2, 0.25) is 0 Å². The highest BCUT2D eigenvalue weighted by atomic mass is 32.2. The van der Waals surface area contributed by atoms with Crippen LogP contribution in [-0.2, 0) is 14.6 Å². The van der Waals surface area contributed by atoms with Crippen LogP contribution in [0.3, 0.4) is 0 Å². The molecule has 0 amide bonds. The van der Waals surface area contributed by atoms with Crippen molar-refractivity contribution in [3.63, 3.8) is 0 Å². The highest BCUT2D eigenvalue weighted by molar-refractivity contribution is 7.92. The van der Waals surface area contributed by atoms with Gasteiger partial charge in [-0.2, -0.15) is 0 Å². The minimum Gasteiger partial charge on any atom is -0.358 e. The fraction of sp³-hybridized carbons (Fsp3) is 0.583. The normalized spacial score (nSPS) is 25.4. The summed E-state index contributed by atoms with van der Waals surface area (Å²) in [6, 6.07) is 6.58. The lowest BCUT2D eigenvalue weighted by molar-refractivity contribution is 0.0284. The summed E-state index contributed by atoms with van der Waals surface area (Å²) in [7, 11) is -3.09. The summed E-state index contributed by atoms with van der Waals surface area (Å²) in [4.78, 5) is 5.40. The number of hydrogen-bond donors (Lipinski definition) is 0. The van der Waals surface area contributed by atoms with Gasteiger partial charge in [0.2, 0.25) is 0 Å². The van der Waals surface area contributed by atoms with E-state index in [0.717, 1.165) is 5.82 Å². The van der Waals surface area contributed by atoms with Gasteiger partial charge in [-0.3, -0.25) is 0 Å². The quantitative estimate of drug-likeness (QED) is 0.746. The third kappa shape index (κ3) is 1.80. The van der Waals surface area contributed by atoms with E-state index in [1.165, 1.54) is 0 Å². The number of pyridine rings is 1. The van der Waals surface area contributed by atoms with Gasteiger partial charge in [-0.1, -0.05) is 0 Å². The van der Waals surface area contributed by atoms with Crippen LogP contribution in [0.4, 0.5) is 5.82 Å². The molecule has 0 saturated carbocycles. The zero-order valence-electron chi connectivity index (χ0n) is 10.0. The van der Waals surface area contributed by atoms with E-state index in [2.05, 4.69) is 16.0 Å². The molecule has 1 aromatic heterocycles. The highest BCUT2D eigenvalue weighted by Crippen LogP contribution is 2.37. The van der Waals surface area contributed by atoms with E-state index in [4.69, 9.17) is 4.74 Å². The Balaban J connectivity index is 1.76. The van der Waals surface area contributed by atoms with Gasteiger partial charge in [0.25, 0.3) is 0 Å². The number of rotatable bonds is 1. The topological polar surface area (TPSA) is 59.5 Å². The van der Waals surface area contributed by atoms with Crippen molar-refractivity contribution in [1.82, 2.24) is 4.98 Å². The van der Waals surface area contributed by atoms with Crippen LogP contribution < -0.4 is 4.90 Å². The van der Waals surface area contributed by atoms with Crippen LogP contribution in [-0.4, -0.2) is 43.8 Å². The molecule has 2 saturated heterocycles. The third-order valence-electron chi connectivity index (χ3n) is 3.73. The molecule has 1 radical (unpaired) electrons. The maximum Gasteiger partial charge on any atom is 0.182 e. The molecule has 0 N–H and O–H groups in total. The summed E-state index contributed by atoms with van der Waals surface area (Å²) < 4.78 is 29.6. The van der Waals surface area contributed by atoms with E-state index in [0.29, 0.717) is 32.5 Å². The van der Waals surface area contributed by atoms with Gasteiger partial charge >= 0.3 is 0 Å². The molecule has 18 heavy (non-hydrogen) atoms. The summed E-state index contributed by atoms with van der Waals surface area (Å²) in [5.74, 6) is 1.03. The number of hydrogen-bond acceptors (Lipinski definition) is 5. The Labute approximate surface area is 107 Å². The SMILES string of the molecule is O=S1(=O)CCOC12CCN(c1cc[c]cn1)CC2. The Bertz CT molecular complexity index is 522. The molecule has 1 spiro atoms. The van der Waals surface area contributed by atoms with E-state index in [1.807, 2.05) is 12.1 Å². The molecule has 3 rings (SSSR count). The van der Waals surface area contributed by atoms with Crippen molar-refractivity contribution < 1.29 is 13.2 Å². The first-order valence-electron chi connectivity index (χ1n) is 6.06. The fourth-order valence-electron chi connectivity index (χ4n) is 2.64. The Kier molecular flexibility index (Phi) is 2.79. The van der Waals surface area contributed by atoms with Crippen molar-refractivity contribution in [2.45, 2.75) is 17.8 Å². The molecule has 97 valence electrons. The van der Waals surface area contributed by atoms with Gasteiger partial charge in [0.05, 0.1) is 12.4 Å². The van der Waals surface area contributed by atoms with Crippen molar-refractivity contribution in [3.8, 4) is 0 Å². The number of anilines is 1. The first kappa shape index (κ1) is 11.9. The average molecular weight is 267 g/mol. The van der Waals surface area contributed by atoms with Gasteiger partial charge in [0, 0.05) is 38.2 Å². The van der Waals surface area contributed by atoms with E-state index in [9.17, 15) is 8.42 Å². The Hall–Kier alpha value is -1.14. The molecule has 0 aromatic carbocycles. The van der Waals surface area contributed by atoms with Crippen molar-refractivity contribution in [1.29, 1.82) is 0 Å². The van der Waals surface area contributed by atoms with Gasteiger partial charge in [-0.15, -0.1) is 0 Å². The summed E-state index contributed by atoms with van der Waals surface area (Å²) in [6.45, 7) is 1.66. The van der Waals surface area contributed by atoms with Crippen LogP contribution in [0.5, 0.6) is 0 Å². The first-order chi connectivity index (χ1) is 8.63. The number of aromatic nitrogens is 1. The standard InChI is InChI=1S/C12H15N2O3S/c15-18(16)10-9-17-12(18)4-7-14(8-5-12)11-3-1-2-6-13-11/h1,3,6H,4-5,7-10H2. The van der Waals surface area contributed by atoms with Gasteiger partial charge in [0.15, 0.2) is 14.8 Å². The van der Waals surface area contributed by atoms with Gasteiger partial charge in [-0.05, 0) is 12.1 Å². The number of piperidine rings is 1. The first-order valence-corrected chi connectivity index (χ1v) is 7.72. The molecule has 0 atom stereocenters. The maximum atomic E-state index is 12.0. The van der Waals surface area contributed by atoms with Crippen molar-refractivity contribution in [2.75, 3.05) is 30.3 Å². The van der Waals surface area contributed by atoms with E-state index in [-0.39, 0.29) is 5.75 Å². The van der Waals surface area contributed by atoms with Crippen molar-refractivity contribution in [3.05, 3.63) is 24.4 Å². The second kappa shape index (κ2) is 4.20. The van der Waals surface area contributed by atoms with Gasteiger partial charge in [-0.25, -0.2) is 13.4 Å². The molecule has 0 aliphatic carbocycles. The molecule has 6 heteroatoms. The molecular weight excluding hydrogens is 252 g/mol. The number of nitrogens with zero attached hydrogens (tertiary/aromatic N) is 2. The van der Waals surface area contributed by atoms with Crippen LogP contribution in [0.25, 0.3) is 0 Å². The predicted octanol–water partition coefficient (Wildman–Crippen LogP) is 0.623. The lowest BCUT2D eigenvalue weighted by Gasteiger charge is -2.37. The minimum absolute atomic E-state index is 0.158. The summed E-state index contributed by atoms with van der Waals surface area (Å²) in [6.07, 6.45) is 2.67. The molecule has 1 aromatic rings. The predicted molar refractivity (Wildman–Crippen MR) is 67.0 cm³/mol. The smallest absolute Gasteiger partial charge is 0.182 e. The fourth-order valence-corrected chi connectivity index (χ4v) is 4.39. The molecule has 2 aliphatic rings. The zero-order chi connectivity index (χ0) is 12.6. The minimum atomic E-state index is -3.09. The third-order valence-corrected chi connectivity index (χ3v) is 6.10. The van der Waals surface area contributed by atoms with Crippen LogP contribution in [0, 0.1) is 6.07 Å². The second-order valence-electron chi connectivity index (χ2n) is 4.68.